The van der Waals surface area contributed by atoms with E-state index >= 15 is 0 Å². The first-order chi connectivity index (χ1) is 12.5. The lowest BCUT2D eigenvalue weighted by Crippen LogP contribution is -2.42. The molecule has 1 atom stereocenters. The van der Waals surface area contributed by atoms with Crippen LogP contribution in [0.25, 0.3) is 0 Å². The fourth-order valence-electron chi connectivity index (χ4n) is 2.44. The summed E-state index contributed by atoms with van der Waals surface area (Å²) in [5, 5.41) is 18.2. The summed E-state index contributed by atoms with van der Waals surface area (Å²) in [5.74, 6) is -1.36. The van der Waals surface area contributed by atoms with Crippen molar-refractivity contribution in [2.75, 3.05) is 18.4 Å². The van der Waals surface area contributed by atoms with Crippen LogP contribution < -0.4 is 16.0 Å². The third-order valence-corrected chi connectivity index (χ3v) is 3.89. The maximum absolute atomic E-state index is 12.1. The lowest BCUT2D eigenvalue weighted by atomic mass is 10.2. The van der Waals surface area contributed by atoms with Gasteiger partial charge in [0.1, 0.15) is 6.04 Å². The van der Waals surface area contributed by atoms with Gasteiger partial charge in [0, 0.05) is 25.3 Å². The van der Waals surface area contributed by atoms with Crippen LogP contribution in [-0.2, 0) is 16.1 Å². The minimum absolute atomic E-state index is 0.123. The van der Waals surface area contributed by atoms with Crippen LogP contribution in [0.15, 0.2) is 54.6 Å². The molecule has 26 heavy (non-hydrogen) atoms. The molecule has 4 N–H and O–H groups in total. The molecule has 0 spiro atoms. The molecule has 0 radical (unpaired) electrons. The number of hydrogen-bond donors (Lipinski definition) is 4. The number of carboxylic acid groups (broad SMARTS) is 1. The average Bonchev–Trinajstić information content (AvgIpc) is 2.63. The number of nitrogens with one attached hydrogen (secondary N) is 3. The molecule has 0 unspecified atom stereocenters. The molecule has 0 fully saturated rings. The lowest BCUT2D eigenvalue weighted by Gasteiger charge is -2.15. The predicted molar refractivity (Wildman–Crippen MR) is 102 cm³/mol. The Bertz CT molecular complexity index is 702. The van der Waals surface area contributed by atoms with E-state index in [2.05, 4.69) is 16.0 Å². The highest BCUT2D eigenvalue weighted by Crippen LogP contribution is 2.09. The quantitative estimate of drug-likeness (QED) is 0.490. The Morgan fingerprint density at radius 1 is 1.00 bits per heavy atom. The first kappa shape index (κ1) is 19.6. The number of carbonyl (C=O) groups is 2. The van der Waals surface area contributed by atoms with Crippen LogP contribution in [0.4, 0.5) is 5.69 Å². The SMILES string of the molecule is Cc1ccc(NC(=O)C[C@@H](NCCNCc2ccccc2)C(=O)O)cc1. The van der Waals surface area contributed by atoms with Gasteiger partial charge in [-0.3, -0.25) is 9.59 Å². The van der Waals surface area contributed by atoms with Gasteiger partial charge >= 0.3 is 5.97 Å². The van der Waals surface area contributed by atoms with Crippen molar-refractivity contribution in [2.45, 2.75) is 25.9 Å². The molecule has 0 aliphatic rings. The van der Waals surface area contributed by atoms with Gasteiger partial charge in [-0.25, -0.2) is 0 Å². The first-order valence-corrected chi connectivity index (χ1v) is 8.62. The van der Waals surface area contributed by atoms with Gasteiger partial charge in [-0.15, -0.1) is 0 Å². The molecular weight excluding hydrogens is 330 g/mol. The molecule has 0 saturated carbocycles. The van der Waals surface area contributed by atoms with Crippen molar-refractivity contribution in [3.8, 4) is 0 Å². The highest BCUT2D eigenvalue weighted by Gasteiger charge is 2.20. The third-order valence-electron chi connectivity index (χ3n) is 3.89. The first-order valence-electron chi connectivity index (χ1n) is 8.62. The minimum Gasteiger partial charge on any atom is -0.480 e. The van der Waals surface area contributed by atoms with E-state index in [4.69, 9.17) is 0 Å². The van der Waals surface area contributed by atoms with Gasteiger partial charge in [0.2, 0.25) is 5.91 Å². The van der Waals surface area contributed by atoms with Gasteiger partial charge in [-0.05, 0) is 24.6 Å². The van der Waals surface area contributed by atoms with Crippen molar-refractivity contribution in [3.05, 3.63) is 65.7 Å². The Balaban J connectivity index is 1.71. The molecule has 6 nitrogen and oxygen atoms in total. The van der Waals surface area contributed by atoms with Gasteiger partial charge in [-0.2, -0.15) is 0 Å². The third kappa shape index (κ3) is 7.04. The lowest BCUT2D eigenvalue weighted by molar-refractivity contribution is -0.141. The number of aliphatic carboxylic acids is 1. The van der Waals surface area contributed by atoms with Gasteiger partial charge in [0.25, 0.3) is 0 Å². The van der Waals surface area contributed by atoms with Crippen molar-refractivity contribution in [1.29, 1.82) is 0 Å². The van der Waals surface area contributed by atoms with E-state index in [1.54, 1.807) is 12.1 Å². The van der Waals surface area contributed by atoms with Gasteiger partial charge in [0.15, 0.2) is 0 Å². The van der Waals surface area contributed by atoms with E-state index < -0.39 is 12.0 Å². The molecule has 0 aliphatic heterocycles. The number of carboxylic acids is 1. The van der Waals surface area contributed by atoms with Crippen LogP contribution in [0.3, 0.4) is 0 Å². The van der Waals surface area contributed by atoms with Gasteiger partial charge in [-0.1, -0.05) is 48.0 Å². The molecule has 1 amide bonds. The molecule has 138 valence electrons. The maximum atomic E-state index is 12.1. The summed E-state index contributed by atoms with van der Waals surface area (Å²) in [4.78, 5) is 23.4. The van der Waals surface area contributed by atoms with E-state index in [0.29, 0.717) is 25.3 Å². The second-order valence-electron chi connectivity index (χ2n) is 6.13. The zero-order valence-corrected chi connectivity index (χ0v) is 14.9. The Morgan fingerprint density at radius 3 is 2.35 bits per heavy atom. The molecule has 6 heteroatoms. The van der Waals surface area contributed by atoms with Crippen molar-refractivity contribution in [3.63, 3.8) is 0 Å². The molecule has 0 heterocycles. The molecule has 2 aromatic carbocycles. The fraction of sp³-hybridized carbons (Fsp3) is 0.300. The Hall–Kier alpha value is -2.70. The minimum atomic E-state index is -1.04. The number of aryl methyl sites for hydroxylation is 1. The second-order valence-corrected chi connectivity index (χ2v) is 6.13. The molecular formula is C20H25N3O3. The fourth-order valence-corrected chi connectivity index (χ4v) is 2.44. The van der Waals surface area contributed by atoms with E-state index in [1.165, 1.54) is 5.56 Å². The van der Waals surface area contributed by atoms with Crippen molar-refractivity contribution in [1.82, 2.24) is 10.6 Å². The van der Waals surface area contributed by atoms with E-state index in [1.807, 2.05) is 49.4 Å². The average molecular weight is 355 g/mol. The number of hydrogen-bond acceptors (Lipinski definition) is 4. The largest absolute Gasteiger partial charge is 0.480 e. The Kier molecular flexibility index (Phi) is 7.79. The Labute approximate surface area is 153 Å². The smallest absolute Gasteiger partial charge is 0.321 e. The molecule has 0 aromatic heterocycles. The van der Waals surface area contributed by atoms with Crippen molar-refractivity contribution < 1.29 is 14.7 Å². The molecule has 0 bridgehead atoms. The number of anilines is 1. The topological polar surface area (TPSA) is 90.5 Å². The normalized spacial score (nSPS) is 11.7. The standard InChI is InChI=1S/C20H25N3O3/c1-15-7-9-17(10-8-15)23-19(24)13-18(20(25)26)22-12-11-21-14-16-5-3-2-4-6-16/h2-10,18,21-22H,11-14H2,1H3,(H,23,24)(H,25,26)/t18-/m1/s1. The van der Waals surface area contributed by atoms with Crippen LogP contribution in [0.2, 0.25) is 0 Å². The molecule has 0 saturated heterocycles. The van der Waals surface area contributed by atoms with Crippen molar-refractivity contribution in [2.24, 2.45) is 0 Å². The molecule has 2 aromatic rings. The van der Waals surface area contributed by atoms with E-state index in [9.17, 15) is 14.7 Å². The van der Waals surface area contributed by atoms with Crippen LogP contribution in [0.1, 0.15) is 17.5 Å². The highest BCUT2D eigenvalue weighted by atomic mass is 16.4. The maximum Gasteiger partial charge on any atom is 0.321 e. The summed E-state index contributed by atoms with van der Waals surface area (Å²) in [6.45, 7) is 3.75. The van der Waals surface area contributed by atoms with Crippen LogP contribution in [0.5, 0.6) is 0 Å². The van der Waals surface area contributed by atoms with Crippen LogP contribution in [-0.4, -0.2) is 36.1 Å². The monoisotopic (exact) mass is 355 g/mol. The summed E-state index contributed by atoms with van der Waals surface area (Å²) in [7, 11) is 0. The number of rotatable bonds is 10. The summed E-state index contributed by atoms with van der Waals surface area (Å²) < 4.78 is 0. The summed E-state index contributed by atoms with van der Waals surface area (Å²) in [6.07, 6.45) is -0.123. The zero-order valence-electron chi connectivity index (χ0n) is 14.9. The van der Waals surface area contributed by atoms with Crippen LogP contribution in [0, 0.1) is 6.92 Å². The summed E-state index contributed by atoms with van der Waals surface area (Å²) in [5.41, 5.74) is 2.92. The van der Waals surface area contributed by atoms with E-state index in [0.717, 1.165) is 5.56 Å². The zero-order chi connectivity index (χ0) is 18.8. The number of benzene rings is 2. The summed E-state index contributed by atoms with van der Waals surface area (Å²) >= 11 is 0. The van der Waals surface area contributed by atoms with Crippen molar-refractivity contribution >= 4 is 17.6 Å². The van der Waals surface area contributed by atoms with Gasteiger partial charge in [0.05, 0.1) is 6.42 Å². The highest BCUT2D eigenvalue weighted by molar-refractivity contribution is 5.94. The number of carbonyl (C=O) groups excluding carboxylic acids is 1. The molecule has 0 aliphatic carbocycles. The van der Waals surface area contributed by atoms with E-state index in [-0.39, 0.29) is 12.3 Å². The molecule has 2 rings (SSSR count). The Morgan fingerprint density at radius 2 is 1.69 bits per heavy atom. The summed E-state index contributed by atoms with van der Waals surface area (Å²) in [6, 6.07) is 16.4. The second kappa shape index (κ2) is 10.3. The van der Waals surface area contributed by atoms with Crippen LogP contribution >= 0.6 is 0 Å². The van der Waals surface area contributed by atoms with Gasteiger partial charge < -0.3 is 21.1 Å². The number of amides is 1. The predicted octanol–water partition coefficient (Wildman–Crippen LogP) is 2.16.